The quantitative estimate of drug-likeness (QED) is 0.558. The topological polar surface area (TPSA) is 9.23 Å². The molecule has 1 nitrogen and oxygen atoms in total. The fourth-order valence-corrected chi connectivity index (χ4v) is 1.94. The second kappa shape index (κ2) is 6.35. The van der Waals surface area contributed by atoms with Gasteiger partial charge in [-0.3, -0.25) is 0 Å². The van der Waals surface area contributed by atoms with E-state index in [1.54, 1.807) is 6.07 Å². The minimum atomic E-state index is -4.56. The summed E-state index contributed by atoms with van der Waals surface area (Å²) < 4.78 is 57.5. The Morgan fingerprint density at radius 3 is 2.38 bits per heavy atom. The first-order valence-corrected chi connectivity index (χ1v) is 6.57. The van der Waals surface area contributed by atoms with Crippen molar-refractivity contribution in [3.8, 4) is 5.75 Å². The number of alkyl halides is 4. The van der Waals surface area contributed by atoms with Gasteiger partial charge >= 0.3 is 6.18 Å². The predicted molar refractivity (Wildman–Crippen MR) is 71.7 cm³/mol. The molecule has 6 heteroatoms. The maximum Gasteiger partial charge on any atom is 0.419 e. The van der Waals surface area contributed by atoms with E-state index in [1.165, 1.54) is 30.3 Å². The van der Waals surface area contributed by atoms with E-state index >= 15 is 0 Å². The molecular weight excluding hydrogens is 308 g/mol. The third kappa shape index (κ3) is 3.88. The van der Waals surface area contributed by atoms with Crippen molar-refractivity contribution < 1.29 is 22.3 Å². The molecule has 2 rings (SSSR count). The molecular formula is C15H11ClF4O. The van der Waals surface area contributed by atoms with E-state index in [0.29, 0.717) is 5.56 Å². The second-order valence-corrected chi connectivity index (χ2v) is 4.61. The minimum absolute atomic E-state index is 0.0311. The Morgan fingerprint density at radius 2 is 1.76 bits per heavy atom. The van der Waals surface area contributed by atoms with Crippen LogP contribution in [-0.2, 0) is 18.7 Å². The highest BCUT2D eigenvalue weighted by Gasteiger charge is 2.34. The Labute approximate surface area is 124 Å². The van der Waals surface area contributed by atoms with Gasteiger partial charge in [0.25, 0.3) is 0 Å². The molecule has 0 saturated carbocycles. The molecule has 112 valence electrons. The molecule has 2 aromatic rings. The summed E-state index contributed by atoms with van der Waals surface area (Å²) in [5.41, 5.74) is -0.397. The smallest absolute Gasteiger partial charge is 0.419 e. The van der Waals surface area contributed by atoms with E-state index in [4.69, 9.17) is 16.3 Å². The standard InChI is InChI=1S/C15H11ClF4O/c16-8-10-5-6-14(12(7-10)15(18,19)20)21-9-11-3-1-2-4-13(11)17/h1-7H,8-9H2. The number of rotatable bonds is 4. The maximum atomic E-state index is 13.4. The van der Waals surface area contributed by atoms with Crippen LogP contribution in [0.3, 0.4) is 0 Å². The van der Waals surface area contributed by atoms with Crippen molar-refractivity contribution in [3.05, 3.63) is 65.0 Å². The molecule has 0 bridgehead atoms. The first kappa shape index (κ1) is 15.6. The lowest BCUT2D eigenvalue weighted by Gasteiger charge is -2.15. The number of hydrogen-bond acceptors (Lipinski definition) is 1. The molecule has 0 radical (unpaired) electrons. The van der Waals surface area contributed by atoms with E-state index in [-0.39, 0.29) is 23.8 Å². The molecule has 0 aliphatic heterocycles. The number of halogens is 5. The SMILES string of the molecule is Fc1ccccc1COc1ccc(CCl)cc1C(F)(F)F. The molecule has 21 heavy (non-hydrogen) atoms. The molecule has 0 atom stereocenters. The Bertz CT molecular complexity index is 625. The third-order valence-corrected chi connectivity index (χ3v) is 3.15. The van der Waals surface area contributed by atoms with Gasteiger partial charge in [0.2, 0.25) is 0 Å². The lowest BCUT2D eigenvalue weighted by atomic mass is 10.1. The Kier molecular flexibility index (Phi) is 4.73. The first-order valence-electron chi connectivity index (χ1n) is 6.04. The molecule has 0 N–H and O–H groups in total. The van der Waals surface area contributed by atoms with Crippen molar-refractivity contribution in [2.24, 2.45) is 0 Å². The highest BCUT2D eigenvalue weighted by Crippen LogP contribution is 2.37. The zero-order chi connectivity index (χ0) is 15.5. The highest BCUT2D eigenvalue weighted by atomic mass is 35.5. The van der Waals surface area contributed by atoms with Crippen LogP contribution in [0, 0.1) is 5.82 Å². The van der Waals surface area contributed by atoms with Crippen molar-refractivity contribution in [2.75, 3.05) is 0 Å². The van der Waals surface area contributed by atoms with Crippen molar-refractivity contribution in [1.82, 2.24) is 0 Å². The molecule has 0 amide bonds. The van der Waals surface area contributed by atoms with E-state index < -0.39 is 17.6 Å². The van der Waals surface area contributed by atoms with Crippen LogP contribution in [-0.4, -0.2) is 0 Å². The summed E-state index contributed by atoms with van der Waals surface area (Å²) in [7, 11) is 0. The Morgan fingerprint density at radius 1 is 1.05 bits per heavy atom. The van der Waals surface area contributed by atoms with Gasteiger partial charge in [0, 0.05) is 11.4 Å². The van der Waals surface area contributed by atoms with Crippen LogP contribution in [0.2, 0.25) is 0 Å². The van der Waals surface area contributed by atoms with E-state index in [0.717, 1.165) is 6.07 Å². The lowest BCUT2D eigenvalue weighted by molar-refractivity contribution is -0.139. The lowest BCUT2D eigenvalue weighted by Crippen LogP contribution is -2.09. The summed E-state index contributed by atoms with van der Waals surface area (Å²) in [6.07, 6.45) is -4.56. The molecule has 2 aromatic carbocycles. The van der Waals surface area contributed by atoms with Crippen LogP contribution < -0.4 is 4.74 Å². The van der Waals surface area contributed by atoms with E-state index in [2.05, 4.69) is 0 Å². The van der Waals surface area contributed by atoms with Gasteiger partial charge in [-0.1, -0.05) is 24.3 Å². The van der Waals surface area contributed by atoms with Gasteiger partial charge in [-0.15, -0.1) is 11.6 Å². The average molecular weight is 319 g/mol. The molecule has 0 heterocycles. The summed E-state index contributed by atoms with van der Waals surface area (Å²) in [6, 6.07) is 9.33. The van der Waals surface area contributed by atoms with Crippen LogP contribution in [0.1, 0.15) is 16.7 Å². The Balaban J connectivity index is 2.26. The molecule has 0 unspecified atom stereocenters. The zero-order valence-corrected chi connectivity index (χ0v) is 11.5. The summed E-state index contributed by atoms with van der Waals surface area (Å²) in [6.45, 7) is -0.282. The monoisotopic (exact) mass is 318 g/mol. The maximum absolute atomic E-state index is 13.4. The van der Waals surface area contributed by atoms with Crippen molar-refractivity contribution in [1.29, 1.82) is 0 Å². The number of hydrogen-bond donors (Lipinski definition) is 0. The van der Waals surface area contributed by atoms with Crippen LogP contribution in [0.5, 0.6) is 5.75 Å². The molecule has 0 aromatic heterocycles. The summed E-state index contributed by atoms with van der Waals surface area (Å²) in [4.78, 5) is 0. The van der Waals surface area contributed by atoms with Crippen LogP contribution in [0.4, 0.5) is 17.6 Å². The second-order valence-electron chi connectivity index (χ2n) is 4.34. The molecule has 0 aliphatic rings. The van der Waals surface area contributed by atoms with Gasteiger partial charge in [-0.25, -0.2) is 4.39 Å². The molecule has 0 saturated heterocycles. The van der Waals surface area contributed by atoms with E-state index in [9.17, 15) is 17.6 Å². The first-order chi connectivity index (χ1) is 9.91. The molecule has 0 aliphatic carbocycles. The Hall–Kier alpha value is -1.75. The van der Waals surface area contributed by atoms with Gasteiger partial charge in [0.15, 0.2) is 0 Å². The fraction of sp³-hybridized carbons (Fsp3) is 0.200. The predicted octanol–water partition coefficient (Wildman–Crippen LogP) is 5.16. The fourth-order valence-electron chi connectivity index (χ4n) is 1.78. The largest absolute Gasteiger partial charge is 0.488 e. The normalized spacial score (nSPS) is 11.5. The average Bonchev–Trinajstić information content (AvgIpc) is 2.45. The molecule has 0 spiro atoms. The van der Waals surface area contributed by atoms with Gasteiger partial charge < -0.3 is 4.74 Å². The van der Waals surface area contributed by atoms with Gasteiger partial charge in [-0.05, 0) is 23.8 Å². The summed E-state index contributed by atoms with van der Waals surface area (Å²) in [5, 5.41) is 0. The number of ether oxygens (including phenoxy) is 1. The van der Waals surface area contributed by atoms with Gasteiger partial charge in [0.05, 0.1) is 5.56 Å². The third-order valence-electron chi connectivity index (χ3n) is 2.84. The number of benzene rings is 2. The highest BCUT2D eigenvalue weighted by molar-refractivity contribution is 6.17. The van der Waals surface area contributed by atoms with Crippen LogP contribution in [0.25, 0.3) is 0 Å². The van der Waals surface area contributed by atoms with Crippen molar-refractivity contribution in [3.63, 3.8) is 0 Å². The van der Waals surface area contributed by atoms with Crippen molar-refractivity contribution in [2.45, 2.75) is 18.7 Å². The minimum Gasteiger partial charge on any atom is -0.488 e. The van der Waals surface area contributed by atoms with Crippen LogP contribution >= 0.6 is 11.6 Å². The summed E-state index contributed by atoms with van der Waals surface area (Å²) in [5.74, 6) is -0.903. The summed E-state index contributed by atoms with van der Waals surface area (Å²) >= 11 is 5.54. The molecule has 0 fully saturated rings. The van der Waals surface area contributed by atoms with Crippen molar-refractivity contribution >= 4 is 11.6 Å². The van der Waals surface area contributed by atoms with E-state index in [1.807, 2.05) is 0 Å². The zero-order valence-electron chi connectivity index (χ0n) is 10.8. The van der Waals surface area contributed by atoms with Gasteiger partial charge in [-0.2, -0.15) is 13.2 Å². The van der Waals surface area contributed by atoms with Gasteiger partial charge in [0.1, 0.15) is 18.2 Å². The van der Waals surface area contributed by atoms with Crippen LogP contribution in [0.15, 0.2) is 42.5 Å².